The molecule has 6 unspecified atom stereocenters. The van der Waals surface area contributed by atoms with Crippen LogP contribution < -0.4 is 0 Å². The van der Waals surface area contributed by atoms with Gasteiger partial charge in [0.05, 0.1) is 6.61 Å². The van der Waals surface area contributed by atoms with Crippen LogP contribution in [0.4, 0.5) is 0 Å². The normalized spacial score (nSPS) is 18.7. The number of carbonyl (C=O) groups is 3. The summed E-state index contributed by atoms with van der Waals surface area (Å²) in [5.74, 6) is -2.41. The molecule has 0 spiro atoms. The van der Waals surface area contributed by atoms with E-state index in [1.807, 2.05) is 0 Å². The highest BCUT2D eigenvalue weighted by Gasteiger charge is 2.47. The van der Waals surface area contributed by atoms with Gasteiger partial charge in [-0.2, -0.15) is 0 Å². The standard InChI is InChI=1S/C58H110O11/c1-3-5-7-9-11-13-15-17-19-21-23-25-26-27-29-30-32-34-36-38-40-42-44-46-51(59)66-48-50(49-67-58-55(63)53(61)54(62)56(69-58)57(64)65)68-52(60)47-45-43-41-39-37-35-33-31-28-24-22-20-18-16-14-12-10-8-6-4-2/h50,53-56,58,61-63H,3-49H2,1-2H3,(H,64,65). The van der Waals surface area contributed by atoms with Crippen molar-refractivity contribution in [2.75, 3.05) is 13.2 Å². The summed E-state index contributed by atoms with van der Waals surface area (Å²) in [6.45, 7) is 3.89. The summed E-state index contributed by atoms with van der Waals surface area (Å²) in [4.78, 5) is 37.1. The largest absolute Gasteiger partial charge is 0.479 e. The molecule has 4 N–H and O–H groups in total. The van der Waals surface area contributed by atoms with Crippen LogP contribution in [0.25, 0.3) is 0 Å². The number of aliphatic carboxylic acids is 1. The monoisotopic (exact) mass is 983 g/mol. The Balaban J connectivity index is 2.20. The van der Waals surface area contributed by atoms with Gasteiger partial charge in [0.1, 0.15) is 24.9 Å². The van der Waals surface area contributed by atoms with E-state index < -0.39 is 54.7 Å². The van der Waals surface area contributed by atoms with Gasteiger partial charge in [-0.3, -0.25) is 9.59 Å². The van der Waals surface area contributed by atoms with Gasteiger partial charge in [0, 0.05) is 12.8 Å². The first-order valence-electron chi connectivity index (χ1n) is 29.6. The van der Waals surface area contributed by atoms with E-state index in [4.69, 9.17) is 18.9 Å². The first-order chi connectivity index (χ1) is 33.7. The van der Waals surface area contributed by atoms with Crippen molar-refractivity contribution >= 4 is 17.9 Å². The molecule has 0 aliphatic carbocycles. The van der Waals surface area contributed by atoms with Crippen LogP contribution in [0, 0.1) is 0 Å². The van der Waals surface area contributed by atoms with E-state index in [1.54, 1.807) is 0 Å². The van der Waals surface area contributed by atoms with Gasteiger partial charge in [-0.1, -0.05) is 277 Å². The van der Waals surface area contributed by atoms with E-state index in [0.717, 1.165) is 38.5 Å². The lowest BCUT2D eigenvalue weighted by Crippen LogP contribution is -2.60. The highest BCUT2D eigenvalue weighted by molar-refractivity contribution is 5.73. The van der Waals surface area contributed by atoms with E-state index in [0.29, 0.717) is 12.8 Å². The van der Waals surface area contributed by atoms with E-state index in [9.17, 15) is 34.8 Å². The fraction of sp³-hybridized carbons (Fsp3) is 0.948. The Bertz CT molecular complexity index is 1150. The second-order valence-electron chi connectivity index (χ2n) is 20.9. The van der Waals surface area contributed by atoms with Crippen molar-refractivity contribution in [3.05, 3.63) is 0 Å². The van der Waals surface area contributed by atoms with Crippen molar-refractivity contribution in [1.29, 1.82) is 0 Å². The van der Waals surface area contributed by atoms with E-state index in [2.05, 4.69) is 13.8 Å². The number of carboxylic acid groups (broad SMARTS) is 1. The summed E-state index contributed by atoms with van der Waals surface area (Å²) in [6.07, 6.45) is 45.9. The fourth-order valence-corrected chi connectivity index (χ4v) is 9.59. The van der Waals surface area contributed by atoms with Crippen LogP contribution in [0.5, 0.6) is 0 Å². The summed E-state index contributed by atoms with van der Waals surface area (Å²) >= 11 is 0. The maximum atomic E-state index is 12.9. The first kappa shape index (κ1) is 65.2. The van der Waals surface area contributed by atoms with Crippen LogP contribution in [-0.4, -0.2) is 88.4 Å². The van der Waals surface area contributed by atoms with Gasteiger partial charge in [-0.15, -0.1) is 0 Å². The lowest BCUT2D eigenvalue weighted by atomic mass is 9.99. The predicted octanol–water partition coefficient (Wildman–Crippen LogP) is 14.9. The predicted molar refractivity (Wildman–Crippen MR) is 280 cm³/mol. The molecule has 0 aromatic rings. The minimum absolute atomic E-state index is 0.192. The van der Waals surface area contributed by atoms with Crippen molar-refractivity contribution in [1.82, 2.24) is 0 Å². The lowest BCUT2D eigenvalue weighted by molar-refractivity contribution is -0.298. The Morgan fingerprint density at radius 2 is 0.681 bits per heavy atom. The smallest absolute Gasteiger partial charge is 0.335 e. The molecule has 1 saturated heterocycles. The average Bonchev–Trinajstić information content (AvgIpc) is 3.34. The van der Waals surface area contributed by atoms with Crippen molar-refractivity contribution in [2.24, 2.45) is 0 Å². The summed E-state index contributed by atoms with van der Waals surface area (Å²) in [7, 11) is 0. The number of rotatable bonds is 52. The van der Waals surface area contributed by atoms with Gasteiger partial charge in [0.2, 0.25) is 0 Å². The number of hydrogen-bond donors (Lipinski definition) is 4. The minimum Gasteiger partial charge on any atom is -0.479 e. The third-order valence-corrected chi connectivity index (χ3v) is 14.2. The minimum atomic E-state index is -1.86. The van der Waals surface area contributed by atoms with Crippen LogP contribution in [0.1, 0.15) is 303 Å². The molecule has 6 atom stereocenters. The van der Waals surface area contributed by atoms with Gasteiger partial charge >= 0.3 is 17.9 Å². The SMILES string of the molecule is CCCCCCCCCCCCCCCCCCCCCCCCCC(=O)OCC(COC1OC(C(=O)O)C(O)C(O)C1O)OC(=O)CCCCCCCCCCCCCCCCCCCCCC. The van der Waals surface area contributed by atoms with Crippen LogP contribution in [-0.2, 0) is 33.3 Å². The molecule has 1 rings (SSSR count). The number of carbonyl (C=O) groups excluding carboxylic acids is 2. The summed E-state index contributed by atoms with van der Waals surface area (Å²) in [5.41, 5.74) is 0. The third-order valence-electron chi connectivity index (χ3n) is 14.2. The van der Waals surface area contributed by atoms with Crippen LogP contribution >= 0.6 is 0 Å². The molecule has 1 aliphatic heterocycles. The zero-order chi connectivity index (χ0) is 50.3. The molecule has 408 valence electrons. The first-order valence-corrected chi connectivity index (χ1v) is 29.6. The van der Waals surface area contributed by atoms with E-state index >= 15 is 0 Å². The zero-order valence-corrected chi connectivity index (χ0v) is 44.8. The van der Waals surface area contributed by atoms with E-state index in [-0.39, 0.29) is 26.1 Å². The molecule has 69 heavy (non-hydrogen) atoms. The molecule has 0 amide bonds. The Morgan fingerprint density at radius 3 is 0.986 bits per heavy atom. The van der Waals surface area contributed by atoms with Crippen molar-refractivity contribution in [2.45, 2.75) is 340 Å². The van der Waals surface area contributed by atoms with Crippen molar-refractivity contribution in [3.8, 4) is 0 Å². The number of aliphatic hydroxyl groups is 3. The molecule has 1 heterocycles. The highest BCUT2D eigenvalue weighted by Crippen LogP contribution is 2.24. The second-order valence-corrected chi connectivity index (χ2v) is 20.9. The van der Waals surface area contributed by atoms with Gasteiger partial charge in [-0.05, 0) is 12.8 Å². The number of hydrogen-bond acceptors (Lipinski definition) is 10. The quantitative estimate of drug-likeness (QED) is 0.0338. The molecule has 11 heteroatoms. The molecular formula is C58H110O11. The Labute approximate surface area is 423 Å². The number of ether oxygens (including phenoxy) is 4. The van der Waals surface area contributed by atoms with Crippen LogP contribution in [0.2, 0.25) is 0 Å². The third kappa shape index (κ3) is 39.4. The van der Waals surface area contributed by atoms with E-state index in [1.165, 1.54) is 225 Å². The number of esters is 2. The topological polar surface area (TPSA) is 169 Å². The molecule has 1 fully saturated rings. The van der Waals surface area contributed by atoms with Gasteiger partial charge in [-0.25, -0.2) is 4.79 Å². The molecule has 0 bridgehead atoms. The van der Waals surface area contributed by atoms with Gasteiger partial charge in [0.25, 0.3) is 0 Å². The second kappa shape index (κ2) is 48.5. The molecule has 0 radical (unpaired) electrons. The number of carboxylic acids is 1. The number of unbranched alkanes of at least 4 members (excludes halogenated alkanes) is 41. The maximum absolute atomic E-state index is 12.9. The van der Waals surface area contributed by atoms with Gasteiger partial charge < -0.3 is 39.4 Å². The zero-order valence-electron chi connectivity index (χ0n) is 44.8. The summed E-state index contributed by atoms with van der Waals surface area (Å²) in [6, 6.07) is 0. The summed E-state index contributed by atoms with van der Waals surface area (Å²) in [5, 5.41) is 40.1. The van der Waals surface area contributed by atoms with Crippen LogP contribution in [0.15, 0.2) is 0 Å². The number of aliphatic hydroxyl groups excluding tert-OH is 3. The highest BCUT2D eigenvalue weighted by atomic mass is 16.7. The summed E-state index contributed by atoms with van der Waals surface area (Å²) < 4.78 is 21.9. The Morgan fingerprint density at radius 1 is 0.391 bits per heavy atom. The maximum Gasteiger partial charge on any atom is 0.335 e. The lowest BCUT2D eigenvalue weighted by Gasteiger charge is -2.38. The van der Waals surface area contributed by atoms with Crippen molar-refractivity contribution in [3.63, 3.8) is 0 Å². The van der Waals surface area contributed by atoms with Crippen molar-refractivity contribution < 1.29 is 53.8 Å². The molecular weight excluding hydrogens is 873 g/mol. The molecule has 0 saturated carbocycles. The molecule has 11 nitrogen and oxygen atoms in total. The van der Waals surface area contributed by atoms with Crippen LogP contribution in [0.3, 0.4) is 0 Å². The fourth-order valence-electron chi connectivity index (χ4n) is 9.59. The Kier molecular flexibility index (Phi) is 45.8. The molecule has 1 aliphatic rings. The molecule has 0 aromatic heterocycles. The Hall–Kier alpha value is -1.79. The molecule has 0 aromatic carbocycles. The van der Waals surface area contributed by atoms with Gasteiger partial charge in [0.15, 0.2) is 18.5 Å². The average molecular weight is 984 g/mol.